The molecule has 1 aliphatic rings. The summed E-state index contributed by atoms with van der Waals surface area (Å²) in [6, 6.07) is 10.7. The number of Topliss-reactive ketones (excluding diaryl/α,β-unsaturated/α-hetero) is 1. The zero-order valence-corrected chi connectivity index (χ0v) is 18.2. The predicted molar refractivity (Wildman–Crippen MR) is 117 cm³/mol. The first-order valence-electron chi connectivity index (χ1n) is 9.70. The molecule has 32 heavy (non-hydrogen) atoms. The number of aliphatic hydroxyl groups is 1. The number of ketones is 1. The number of methoxy groups -OCH3 is 1. The van der Waals surface area contributed by atoms with Crippen LogP contribution in [0.25, 0.3) is 5.76 Å². The molecule has 6 nitrogen and oxygen atoms in total. The van der Waals surface area contributed by atoms with Gasteiger partial charge in [0.1, 0.15) is 34.9 Å². The number of aliphatic hydroxyl groups excluding tert-OH is 1. The highest BCUT2D eigenvalue weighted by atomic mass is 35.5. The van der Waals surface area contributed by atoms with Crippen LogP contribution in [0.3, 0.4) is 0 Å². The Labute approximate surface area is 188 Å². The number of rotatable bonds is 4. The van der Waals surface area contributed by atoms with Crippen molar-refractivity contribution in [2.75, 3.05) is 12.0 Å². The summed E-state index contributed by atoms with van der Waals surface area (Å²) < 4.78 is 24.9. The van der Waals surface area contributed by atoms with E-state index in [1.165, 1.54) is 18.1 Å². The molecule has 1 saturated heterocycles. The van der Waals surface area contributed by atoms with Gasteiger partial charge in [0.25, 0.3) is 11.7 Å². The van der Waals surface area contributed by atoms with Crippen LogP contribution in [-0.4, -0.2) is 23.9 Å². The zero-order valence-electron chi connectivity index (χ0n) is 17.5. The van der Waals surface area contributed by atoms with Gasteiger partial charge < -0.3 is 14.3 Å². The van der Waals surface area contributed by atoms with Crippen LogP contribution >= 0.6 is 11.6 Å². The minimum absolute atomic E-state index is 0.0549. The quantitative estimate of drug-likeness (QED) is 0.327. The van der Waals surface area contributed by atoms with Crippen molar-refractivity contribution in [3.05, 3.63) is 87.6 Å². The largest absolute Gasteiger partial charge is 0.507 e. The first-order valence-corrected chi connectivity index (χ1v) is 10.1. The van der Waals surface area contributed by atoms with Crippen LogP contribution < -0.4 is 9.64 Å². The molecule has 1 N–H and O–H groups in total. The number of furan rings is 1. The van der Waals surface area contributed by atoms with Gasteiger partial charge in [-0.25, -0.2) is 4.39 Å². The first-order chi connectivity index (χ1) is 15.2. The molecule has 1 aliphatic heterocycles. The second-order valence-corrected chi connectivity index (χ2v) is 7.80. The molecule has 0 saturated carbocycles. The summed E-state index contributed by atoms with van der Waals surface area (Å²) in [4.78, 5) is 27.4. The molecule has 0 aliphatic carbocycles. The SMILES string of the molecule is COc1ccc(F)cc1/C(O)=C1/C(=O)C(=O)N(c2ccc(C)c(Cl)c2)C1c1ccc(C)o1. The van der Waals surface area contributed by atoms with E-state index < -0.39 is 29.3 Å². The maximum Gasteiger partial charge on any atom is 0.300 e. The molecule has 4 rings (SSSR count). The normalized spacial score (nSPS) is 17.8. The highest BCUT2D eigenvalue weighted by molar-refractivity contribution is 6.51. The van der Waals surface area contributed by atoms with Crippen LogP contribution in [0.5, 0.6) is 5.75 Å². The number of carbonyl (C=O) groups is 2. The number of anilines is 1. The fraction of sp³-hybridized carbons (Fsp3) is 0.167. The molecule has 2 heterocycles. The maximum absolute atomic E-state index is 14.0. The van der Waals surface area contributed by atoms with Crippen molar-refractivity contribution in [3.63, 3.8) is 0 Å². The molecule has 1 atom stereocenters. The van der Waals surface area contributed by atoms with E-state index in [0.29, 0.717) is 16.5 Å². The monoisotopic (exact) mass is 455 g/mol. The minimum Gasteiger partial charge on any atom is -0.507 e. The molecular formula is C24H19ClFNO5. The highest BCUT2D eigenvalue weighted by Gasteiger charge is 2.48. The van der Waals surface area contributed by atoms with E-state index in [9.17, 15) is 19.1 Å². The molecule has 8 heteroatoms. The van der Waals surface area contributed by atoms with Crippen LogP contribution in [0.4, 0.5) is 10.1 Å². The van der Waals surface area contributed by atoms with Crippen molar-refractivity contribution in [1.29, 1.82) is 0 Å². The summed E-state index contributed by atoms with van der Waals surface area (Å²) in [5.41, 5.74) is 0.847. The van der Waals surface area contributed by atoms with Crippen LogP contribution in [0.1, 0.15) is 28.7 Å². The second-order valence-electron chi connectivity index (χ2n) is 7.40. The Morgan fingerprint density at radius 3 is 2.50 bits per heavy atom. The molecule has 1 fully saturated rings. The predicted octanol–water partition coefficient (Wildman–Crippen LogP) is 5.32. The number of nitrogens with zero attached hydrogens (tertiary/aromatic N) is 1. The van der Waals surface area contributed by atoms with Crippen molar-refractivity contribution < 1.29 is 28.2 Å². The summed E-state index contributed by atoms with van der Waals surface area (Å²) in [6.45, 7) is 3.53. The van der Waals surface area contributed by atoms with Crippen molar-refractivity contribution >= 4 is 34.7 Å². The van der Waals surface area contributed by atoms with Crippen LogP contribution in [0, 0.1) is 19.7 Å². The zero-order chi connectivity index (χ0) is 23.2. The lowest BCUT2D eigenvalue weighted by Gasteiger charge is -2.24. The third-order valence-corrected chi connectivity index (χ3v) is 5.73. The number of hydrogen-bond acceptors (Lipinski definition) is 5. The van der Waals surface area contributed by atoms with Crippen molar-refractivity contribution in [1.82, 2.24) is 0 Å². The van der Waals surface area contributed by atoms with E-state index in [1.54, 1.807) is 37.3 Å². The molecule has 0 spiro atoms. The standard InChI is InChI=1S/C24H19ClFNO5/c1-12-4-7-15(11-17(12)25)27-21(19-8-5-13(2)32-19)20(23(29)24(27)30)22(28)16-10-14(26)6-9-18(16)31-3/h4-11,21,28H,1-3H3/b22-20-. The fourth-order valence-corrected chi connectivity index (χ4v) is 3.89. The molecule has 2 aromatic carbocycles. The number of amides is 1. The summed E-state index contributed by atoms with van der Waals surface area (Å²) in [6.07, 6.45) is 0. The van der Waals surface area contributed by atoms with Crippen molar-refractivity contribution in [2.24, 2.45) is 0 Å². The third-order valence-electron chi connectivity index (χ3n) is 5.33. The average Bonchev–Trinajstić information content (AvgIpc) is 3.30. The van der Waals surface area contributed by atoms with Gasteiger partial charge in [-0.15, -0.1) is 0 Å². The summed E-state index contributed by atoms with van der Waals surface area (Å²) in [5, 5.41) is 11.5. The Morgan fingerprint density at radius 2 is 1.88 bits per heavy atom. The Bertz CT molecular complexity index is 1280. The van der Waals surface area contributed by atoms with Gasteiger partial charge in [-0.1, -0.05) is 17.7 Å². The smallest absolute Gasteiger partial charge is 0.300 e. The lowest BCUT2D eigenvalue weighted by atomic mass is 9.98. The van der Waals surface area contributed by atoms with Gasteiger partial charge in [0.2, 0.25) is 0 Å². The Morgan fingerprint density at radius 1 is 1.12 bits per heavy atom. The van der Waals surface area contributed by atoms with Gasteiger partial charge in [-0.05, 0) is 61.9 Å². The van der Waals surface area contributed by atoms with E-state index in [2.05, 4.69) is 0 Å². The van der Waals surface area contributed by atoms with Crippen LogP contribution in [0.15, 0.2) is 58.5 Å². The number of ether oxygens (including phenoxy) is 1. The summed E-state index contributed by atoms with van der Waals surface area (Å²) in [7, 11) is 1.35. The van der Waals surface area contributed by atoms with E-state index in [-0.39, 0.29) is 22.6 Å². The molecule has 0 bridgehead atoms. The summed E-state index contributed by atoms with van der Waals surface area (Å²) in [5.74, 6) is -2.07. The van der Waals surface area contributed by atoms with Gasteiger partial charge in [0.15, 0.2) is 0 Å². The van der Waals surface area contributed by atoms with E-state index in [0.717, 1.165) is 17.7 Å². The minimum atomic E-state index is -1.09. The maximum atomic E-state index is 14.0. The fourth-order valence-electron chi connectivity index (χ4n) is 3.71. The number of halogens is 2. The molecule has 0 radical (unpaired) electrons. The van der Waals surface area contributed by atoms with Gasteiger partial charge in [0, 0.05) is 10.7 Å². The van der Waals surface area contributed by atoms with Crippen molar-refractivity contribution in [2.45, 2.75) is 19.9 Å². The van der Waals surface area contributed by atoms with Gasteiger partial charge in [-0.3, -0.25) is 14.5 Å². The second kappa shape index (κ2) is 8.16. The number of aryl methyl sites for hydroxylation is 2. The average molecular weight is 456 g/mol. The van der Waals surface area contributed by atoms with E-state index >= 15 is 0 Å². The Hall–Kier alpha value is -3.58. The lowest BCUT2D eigenvalue weighted by molar-refractivity contribution is -0.132. The van der Waals surface area contributed by atoms with Crippen molar-refractivity contribution in [3.8, 4) is 5.75 Å². The lowest BCUT2D eigenvalue weighted by Crippen LogP contribution is -2.29. The molecule has 164 valence electrons. The summed E-state index contributed by atoms with van der Waals surface area (Å²) >= 11 is 6.26. The molecule has 1 amide bonds. The number of benzene rings is 2. The van der Waals surface area contributed by atoms with E-state index in [4.69, 9.17) is 20.8 Å². The van der Waals surface area contributed by atoms with Gasteiger partial charge in [-0.2, -0.15) is 0 Å². The molecule has 1 aromatic heterocycles. The molecular weight excluding hydrogens is 437 g/mol. The third kappa shape index (κ3) is 3.54. The highest BCUT2D eigenvalue weighted by Crippen LogP contribution is 2.44. The Balaban J connectivity index is 1.98. The number of hydrogen-bond donors (Lipinski definition) is 1. The van der Waals surface area contributed by atoms with Crippen LogP contribution in [0.2, 0.25) is 5.02 Å². The molecule has 3 aromatic rings. The first kappa shape index (κ1) is 21.6. The van der Waals surface area contributed by atoms with Gasteiger partial charge >= 0.3 is 0 Å². The topological polar surface area (TPSA) is 80.0 Å². The van der Waals surface area contributed by atoms with E-state index in [1.807, 2.05) is 6.92 Å². The van der Waals surface area contributed by atoms with Gasteiger partial charge in [0.05, 0.1) is 18.2 Å². The molecule has 1 unspecified atom stereocenters. The Kier molecular flexibility index (Phi) is 5.52. The number of carbonyl (C=O) groups excluding carboxylic acids is 2. The van der Waals surface area contributed by atoms with Crippen LogP contribution in [-0.2, 0) is 9.59 Å².